The van der Waals surface area contributed by atoms with Gasteiger partial charge in [0.15, 0.2) is 0 Å². The van der Waals surface area contributed by atoms with Crippen molar-refractivity contribution in [1.29, 1.82) is 0 Å². The average Bonchev–Trinajstić information content (AvgIpc) is 3.27. The third-order valence-corrected chi connectivity index (χ3v) is 6.91. The second-order valence-electron chi connectivity index (χ2n) is 8.92. The number of urea groups is 1. The van der Waals surface area contributed by atoms with Crippen LogP contribution in [0.2, 0.25) is 5.02 Å². The number of hydrogen-bond donors (Lipinski definition) is 3. The molecule has 2 aliphatic rings. The molecular formula is C25H28ClFN4O5. The van der Waals surface area contributed by atoms with Gasteiger partial charge in [-0.05, 0) is 55.3 Å². The van der Waals surface area contributed by atoms with E-state index >= 15 is 0 Å². The number of nitrogens with zero attached hydrogens (tertiary/aromatic N) is 2. The molecule has 0 bridgehead atoms. The van der Waals surface area contributed by atoms with Crippen molar-refractivity contribution in [3.63, 3.8) is 0 Å². The Morgan fingerprint density at radius 3 is 2.58 bits per heavy atom. The summed E-state index contributed by atoms with van der Waals surface area (Å²) in [6, 6.07) is 9.93. The number of anilines is 3. The number of benzene rings is 2. The summed E-state index contributed by atoms with van der Waals surface area (Å²) in [6.45, 7) is -0.148. The number of carbonyl (C=O) groups excluding carboxylic acids is 3. The Balaban J connectivity index is 1.55. The predicted octanol–water partition coefficient (Wildman–Crippen LogP) is 3.62. The fraction of sp³-hybridized carbons (Fsp3) is 0.400. The van der Waals surface area contributed by atoms with Crippen molar-refractivity contribution in [1.82, 2.24) is 4.90 Å². The second-order valence-corrected chi connectivity index (χ2v) is 9.36. The van der Waals surface area contributed by atoms with Crippen LogP contribution in [0.3, 0.4) is 0 Å². The van der Waals surface area contributed by atoms with Gasteiger partial charge in [-0.2, -0.15) is 0 Å². The molecule has 0 aliphatic carbocycles. The fourth-order valence-electron chi connectivity index (χ4n) is 4.62. The molecule has 2 heterocycles. The number of amides is 4. The van der Waals surface area contributed by atoms with Crippen molar-refractivity contribution in [2.45, 2.75) is 37.3 Å². The van der Waals surface area contributed by atoms with Crippen LogP contribution in [-0.2, 0) is 14.3 Å². The molecule has 0 spiro atoms. The summed E-state index contributed by atoms with van der Waals surface area (Å²) in [5.74, 6) is -1.56. The van der Waals surface area contributed by atoms with Gasteiger partial charge >= 0.3 is 6.03 Å². The van der Waals surface area contributed by atoms with E-state index in [-0.39, 0.29) is 24.6 Å². The first-order valence-electron chi connectivity index (χ1n) is 11.7. The van der Waals surface area contributed by atoms with Gasteiger partial charge in [0.2, 0.25) is 5.91 Å². The topological polar surface area (TPSA) is 111 Å². The summed E-state index contributed by atoms with van der Waals surface area (Å²) in [6.07, 6.45) is 1.55. The minimum atomic E-state index is -1.69. The Morgan fingerprint density at radius 1 is 1.19 bits per heavy atom. The number of carbonyl (C=O) groups is 3. The van der Waals surface area contributed by atoms with Gasteiger partial charge in [-0.1, -0.05) is 11.6 Å². The van der Waals surface area contributed by atoms with Crippen LogP contribution >= 0.6 is 11.6 Å². The Morgan fingerprint density at radius 2 is 1.94 bits per heavy atom. The molecule has 2 atom stereocenters. The van der Waals surface area contributed by atoms with Crippen LogP contribution in [0.15, 0.2) is 42.5 Å². The molecule has 4 amide bonds. The Bertz CT molecular complexity index is 1150. The lowest BCUT2D eigenvalue weighted by Gasteiger charge is -2.35. The second kappa shape index (κ2) is 10.8. The lowest BCUT2D eigenvalue weighted by Crippen LogP contribution is -2.58. The minimum Gasteiger partial charge on any atom is -0.393 e. The maximum atomic E-state index is 15.0. The highest BCUT2D eigenvalue weighted by atomic mass is 35.5. The Hall–Kier alpha value is -3.21. The number of aliphatic hydroxyl groups excluding tert-OH is 1. The summed E-state index contributed by atoms with van der Waals surface area (Å²) < 4.78 is 20.4. The molecule has 2 fully saturated rings. The van der Waals surface area contributed by atoms with E-state index in [1.807, 2.05) is 0 Å². The van der Waals surface area contributed by atoms with Crippen LogP contribution in [-0.4, -0.2) is 66.3 Å². The number of piperidine rings is 1. The van der Waals surface area contributed by atoms with Crippen LogP contribution in [0.4, 0.5) is 26.2 Å². The molecule has 2 saturated heterocycles. The molecule has 36 heavy (non-hydrogen) atoms. The zero-order valence-corrected chi connectivity index (χ0v) is 20.6. The maximum Gasteiger partial charge on any atom is 0.322 e. The molecular weight excluding hydrogens is 491 g/mol. The van der Waals surface area contributed by atoms with Crippen LogP contribution in [0.25, 0.3) is 0 Å². The first-order valence-corrected chi connectivity index (χ1v) is 12.0. The van der Waals surface area contributed by atoms with E-state index in [4.69, 9.17) is 16.3 Å². The van der Waals surface area contributed by atoms with Crippen molar-refractivity contribution in [2.75, 3.05) is 42.3 Å². The van der Waals surface area contributed by atoms with Crippen LogP contribution in [0.1, 0.15) is 25.7 Å². The highest BCUT2D eigenvalue weighted by Gasteiger charge is 2.53. The molecule has 11 heteroatoms. The first kappa shape index (κ1) is 25.9. The van der Waals surface area contributed by atoms with Gasteiger partial charge in [-0.3, -0.25) is 9.59 Å². The largest absolute Gasteiger partial charge is 0.393 e. The van der Waals surface area contributed by atoms with Gasteiger partial charge in [-0.25, -0.2) is 9.18 Å². The number of hydrogen-bond acceptors (Lipinski definition) is 5. The quantitative estimate of drug-likeness (QED) is 0.541. The summed E-state index contributed by atoms with van der Waals surface area (Å²) in [7, 11) is 1.45. The van der Waals surface area contributed by atoms with E-state index in [1.54, 1.807) is 30.3 Å². The minimum absolute atomic E-state index is 0.0157. The molecule has 2 aliphatic heterocycles. The molecule has 192 valence electrons. The van der Waals surface area contributed by atoms with Gasteiger partial charge in [0.05, 0.1) is 18.4 Å². The number of nitrogens with one attached hydrogen (secondary N) is 2. The summed E-state index contributed by atoms with van der Waals surface area (Å²) in [5, 5.41) is 16.0. The number of ether oxygens (including phenoxy) is 1. The molecule has 2 unspecified atom stereocenters. The van der Waals surface area contributed by atoms with Crippen molar-refractivity contribution in [3.8, 4) is 0 Å². The van der Waals surface area contributed by atoms with Crippen molar-refractivity contribution < 1.29 is 28.6 Å². The van der Waals surface area contributed by atoms with Gasteiger partial charge in [0.25, 0.3) is 5.91 Å². The first-order chi connectivity index (χ1) is 17.3. The van der Waals surface area contributed by atoms with Gasteiger partial charge in [0, 0.05) is 49.4 Å². The number of likely N-dealkylation sites (tertiary alicyclic amines) is 1. The number of aliphatic hydroxyl groups is 1. The average molecular weight is 519 g/mol. The lowest BCUT2D eigenvalue weighted by molar-refractivity contribution is -0.127. The third kappa shape index (κ3) is 5.16. The van der Waals surface area contributed by atoms with Crippen LogP contribution < -0.4 is 15.5 Å². The zero-order valence-electron chi connectivity index (χ0n) is 19.8. The van der Waals surface area contributed by atoms with Gasteiger partial charge in [-0.15, -0.1) is 0 Å². The highest BCUT2D eigenvalue weighted by Crippen LogP contribution is 2.34. The monoisotopic (exact) mass is 518 g/mol. The van der Waals surface area contributed by atoms with Gasteiger partial charge in [0.1, 0.15) is 11.4 Å². The van der Waals surface area contributed by atoms with E-state index in [2.05, 4.69) is 10.6 Å². The third-order valence-electron chi connectivity index (χ3n) is 6.66. The maximum absolute atomic E-state index is 15.0. The number of rotatable bonds is 6. The zero-order chi connectivity index (χ0) is 25.9. The molecule has 0 aromatic heterocycles. The Labute approximate surface area is 213 Å². The summed E-state index contributed by atoms with van der Waals surface area (Å²) in [4.78, 5) is 41.5. The van der Waals surface area contributed by atoms with Crippen molar-refractivity contribution in [2.24, 2.45) is 0 Å². The molecule has 0 radical (unpaired) electrons. The summed E-state index contributed by atoms with van der Waals surface area (Å²) >= 11 is 5.90. The molecule has 3 N–H and O–H groups in total. The summed E-state index contributed by atoms with van der Waals surface area (Å²) in [5.41, 5.74) is -0.951. The van der Waals surface area contributed by atoms with E-state index in [1.165, 1.54) is 29.0 Å². The van der Waals surface area contributed by atoms with E-state index in [0.29, 0.717) is 29.4 Å². The predicted molar refractivity (Wildman–Crippen MR) is 134 cm³/mol. The lowest BCUT2D eigenvalue weighted by atomic mass is 9.95. The van der Waals surface area contributed by atoms with Crippen molar-refractivity contribution in [3.05, 3.63) is 53.3 Å². The van der Waals surface area contributed by atoms with Crippen LogP contribution in [0, 0.1) is 5.82 Å². The van der Waals surface area contributed by atoms with E-state index in [9.17, 15) is 23.9 Å². The smallest absolute Gasteiger partial charge is 0.322 e. The van der Waals surface area contributed by atoms with E-state index < -0.39 is 36.0 Å². The van der Waals surface area contributed by atoms with E-state index in [0.717, 1.165) is 12.8 Å². The number of halogens is 2. The standard InChI is InChI=1S/C25H28ClFN4O5/c1-36-19-13-25(15-32,31(14-19)24(35)28-17-7-5-16(26)6-8-17)23(34)29-21-10-9-18(12-20(21)27)30-11-3-2-4-22(30)33/h5-10,12,19,32H,2-4,11,13-15H2,1H3,(H,28,35)(H,29,34). The Kier molecular flexibility index (Phi) is 7.77. The SMILES string of the molecule is COC1CN(C(=O)Nc2ccc(Cl)cc2)C(CO)(C(=O)Nc2ccc(N3CCCCC3=O)cc2F)C1. The molecule has 0 saturated carbocycles. The number of methoxy groups -OCH3 is 1. The molecule has 9 nitrogen and oxygen atoms in total. The fourth-order valence-corrected chi connectivity index (χ4v) is 4.74. The van der Waals surface area contributed by atoms with Crippen LogP contribution in [0.5, 0.6) is 0 Å². The van der Waals surface area contributed by atoms with Gasteiger partial charge < -0.3 is 30.3 Å². The van der Waals surface area contributed by atoms with Crippen molar-refractivity contribution >= 4 is 46.5 Å². The normalized spacial score (nSPS) is 22.0. The molecule has 4 rings (SSSR count). The molecule has 2 aromatic rings. The molecule has 2 aromatic carbocycles. The highest BCUT2D eigenvalue weighted by molar-refractivity contribution is 6.30.